The van der Waals surface area contributed by atoms with E-state index in [1.165, 1.54) is 7.11 Å². The molecule has 0 spiro atoms. The minimum absolute atomic E-state index is 0.208. The number of methoxy groups -OCH3 is 1. The van der Waals surface area contributed by atoms with E-state index in [2.05, 4.69) is 9.89 Å². The Balaban J connectivity index is 2.01. The van der Waals surface area contributed by atoms with Crippen LogP contribution < -0.4 is 4.74 Å². The first-order valence-electron chi connectivity index (χ1n) is 7.30. The van der Waals surface area contributed by atoms with E-state index in [9.17, 15) is 4.79 Å². The summed E-state index contributed by atoms with van der Waals surface area (Å²) in [6.07, 6.45) is 0. The number of carbonyl (C=O) groups is 1. The Kier molecular flexibility index (Phi) is 6.63. The molecule has 0 amide bonds. The molecule has 0 fully saturated rings. The average Bonchev–Trinajstić information content (AvgIpc) is 2.61. The quantitative estimate of drug-likeness (QED) is 0.434. The van der Waals surface area contributed by atoms with Gasteiger partial charge in [0.2, 0.25) is 0 Å². The van der Waals surface area contributed by atoms with E-state index in [0.717, 1.165) is 11.1 Å². The van der Waals surface area contributed by atoms with Gasteiger partial charge in [0.15, 0.2) is 6.61 Å². The largest absolute Gasteiger partial charge is 0.480 e. The second-order valence-electron chi connectivity index (χ2n) is 4.95. The van der Waals surface area contributed by atoms with Gasteiger partial charge in [0.1, 0.15) is 12.4 Å². The van der Waals surface area contributed by atoms with Gasteiger partial charge in [-0.25, -0.2) is 4.79 Å². The molecule has 0 heterocycles. The molecule has 2 aromatic carbocycles. The third-order valence-corrected chi connectivity index (χ3v) is 3.51. The zero-order chi connectivity index (χ0) is 17.4. The first kappa shape index (κ1) is 17.8. The van der Waals surface area contributed by atoms with Crippen LogP contribution in [0.4, 0.5) is 0 Å². The van der Waals surface area contributed by atoms with Gasteiger partial charge in [-0.2, -0.15) is 0 Å². The molecule has 0 aliphatic heterocycles. The number of carbonyl (C=O) groups excluding carboxylic acids is 1. The number of hydrogen-bond acceptors (Lipinski definition) is 5. The third kappa shape index (κ3) is 5.28. The van der Waals surface area contributed by atoms with Crippen molar-refractivity contribution in [1.29, 1.82) is 0 Å². The molecule has 5 nitrogen and oxygen atoms in total. The minimum atomic E-state index is -0.479. The van der Waals surface area contributed by atoms with Gasteiger partial charge in [-0.1, -0.05) is 53.2 Å². The summed E-state index contributed by atoms with van der Waals surface area (Å²) in [5.74, 6) is -0.0924. The molecule has 0 saturated carbocycles. The number of oxime groups is 1. The molecular formula is C18H18ClNO4. The van der Waals surface area contributed by atoms with Crippen LogP contribution in [0, 0.1) is 0 Å². The Morgan fingerprint density at radius 1 is 1.17 bits per heavy atom. The van der Waals surface area contributed by atoms with Crippen LogP contribution in [0.25, 0.3) is 0 Å². The zero-order valence-corrected chi connectivity index (χ0v) is 14.2. The van der Waals surface area contributed by atoms with Crippen molar-refractivity contribution in [2.24, 2.45) is 5.16 Å². The molecule has 0 aliphatic carbocycles. The average molecular weight is 348 g/mol. The summed E-state index contributed by atoms with van der Waals surface area (Å²) in [5, 5.41) is 4.50. The summed E-state index contributed by atoms with van der Waals surface area (Å²) < 4.78 is 9.89. The van der Waals surface area contributed by atoms with E-state index in [1.807, 2.05) is 37.3 Å². The van der Waals surface area contributed by atoms with Crippen LogP contribution in [-0.4, -0.2) is 25.4 Å². The molecular weight excluding hydrogens is 330 g/mol. The standard InChI is InChI=1S/C18H18ClNO4/c1-13(20-24-11-14-6-4-3-5-7-14)15-8-9-16(19)17(10-15)23-12-18(21)22-2/h3-10H,11-12H2,1-2H3. The van der Waals surface area contributed by atoms with E-state index in [-0.39, 0.29) is 6.61 Å². The minimum Gasteiger partial charge on any atom is -0.480 e. The molecule has 0 saturated heterocycles. The molecule has 2 aromatic rings. The van der Waals surface area contributed by atoms with E-state index in [1.54, 1.807) is 18.2 Å². The van der Waals surface area contributed by atoms with Crippen LogP contribution in [0.5, 0.6) is 5.75 Å². The molecule has 6 heteroatoms. The lowest BCUT2D eigenvalue weighted by molar-refractivity contribution is -0.142. The first-order chi connectivity index (χ1) is 11.6. The Labute approximate surface area is 145 Å². The molecule has 0 aliphatic rings. The molecule has 0 unspecified atom stereocenters. The molecule has 126 valence electrons. The number of hydrogen-bond donors (Lipinski definition) is 0. The molecule has 0 radical (unpaired) electrons. The molecule has 2 rings (SSSR count). The van der Waals surface area contributed by atoms with Gasteiger partial charge in [0.25, 0.3) is 0 Å². The van der Waals surface area contributed by atoms with Gasteiger partial charge in [0.05, 0.1) is 17.8 Å². The monoisotopic (exact) mass is 347 g/mol. The lowest BCUT2D eigenvalue weighted by atomic mass is 10.1. The van der Waals surface area contributed by atoms with Crippen molar-refractivity contribution in [2.75, 3.05) is 13.7 Å². The van der Waals surface area contributed by atoms with E-state index >= 15 is 0 Å². The highest BCUT2D eigenvalue weighted by Crippen LogP contribution is 2.26. The number of ether oxygens (including phenoxy) is 2. The summed E-state index contributed by atoms with van der Waals surface area (Å²) in [6, 6.07) is 15.0. The summed E-state index contributed by atoms with van der Waals surface area (Å²) in [5.41, 5.74) is 2.49. The fourth-order valence-electron chi connectivity index (χ4n) is 1.87. The fraction of sp³-hybridized carbons (Fsp3) is 0.222. The number of halogens is 1. The van der Waals surface area contributed by atoms with Gasteiger partial charge in [-0.3, -0.25) is 0 Å². The predicted octanol–water partition coefficient (Wildman–Crippen LogP) is 3.83. The normalized spacial score (nSPS) is 11.0. The smallest absolute Gasteiger partial charge is 0.343 e. The van der Waals surface area contributed by atoms with Gasteiger partial charge < -0.3 is 14.3 Å². The maximum Gasteiger partial charge on any atom is 0.343 e. The predicted molar refractivity (Wildman–Crippen MR) is 92.4 cm³/mol. The number of nitrogens with zero attached hydrogens (tertiary/aromatic N) is 1. The molecule has 0 aromatic heterocycles. The number of benzene rings is 2. The van der Waals surface area contributed by atoms with Gasteiger partial charge in [0, 0.05) is 5.56 Å². The number of esters is 1. The van der Waals surface area contributed by atoms with E-state index < -0.39 is 5.97 Å². The van der Waals surface area contributed by atoms with Gasteiger partial charge in [-0.15, -0.1) is 0 Å². The number of rotatable bonds is 7. The van der Waals surface area contributed by atoms with Gasteiger partial charge in [-0.05, 0) is 24.6 Å². The van der Waals surface area contributed by atoms with Crippen molar-refractivity contribution < 1.29 is 19.1 Å². The van der Waals surface area contributed by atoms with E-state index in [4.69, 9.17) is 21.2 Å². The lowest BCUT2D eigenvalue weighted by Crippen LogP contribution is -2.13. The molecule has 0 atom stereocenters. The van der Waals surface area contributed by atoms with E-state index in [0.29, 0.717) is 23.1 Å². The van der Waals surface area contributed by atoms with Crippen LogP contribution in [0.2, 0.25) is 5.02 Å². The van der Waals surface area contributed by atoms with Crippen LogP contribution in [-0.2, 0) is 21.0 Å². The second kappa shape index (κ2) is 8.93. The first-order valence-corrected chi connectivity index (χ1v) is 7.68. The molecule has 24 heavy (non-hydrogen) atoms. The lowest BCUT2D eigenvalue weighted by Gasteiger charge is -2.09. The Bertz CT molecular complexity index is 716. The fourth-order valence-corrected chi connectivity index (χ4v) is 2.04. The van der Waals surface area contributed by atoms with Crippen molar-refractivity contribution in [3.63, 3.8) is 0 Å². The summed E-state index contributed by atoms with van der Waals surface area (Å²) in [4.78, 5) is 16.5. The third-order valence-electron chi connectivity index (χ3n) is 3.20. The highest BCUT2D eigenvalue weighted by molar-refractivity contribution is 6.32. The Hall–Kier alpha value is -2.53. The van der Waals surface area contributed by atoms with Crippen LogP contribution in [0.15, 0.2) is 53.7 Å². The maximum absolute atomic E-state index is 11.2. The topological polar surface area (TPSA) is 57.1 Å². The summed E-state index contributed by atoms with van der Waals surface area (Å²) >= 11 is 6.06. The van der Waals surface area contributed by atoms with Crippen LogP contribution in [0.3, 0.4) is 0 Å². The summed E-state index contributed by atoms with van der Waals surface area (Å²) in [6.45, 7) is 2.00. The van der Waals surface area contributed by atoms with Gasteiger partial charge >= 0.3 is 5.97 Å². The zero-order valence-electron chi connectivity index (χ0n) is 13.5. The SMILES string of the molecule is COC(=O)COc1cc(C(C)=NOCc2ccccc2)ccc1Cl. The van der Waals surface area contributed by atoms with Crippen molar-refractivity contribution >= 4 is 23.3 Å². The van der Waals surface area contributed by atoms with Crippen molar-refractivity contribution in [1.82, 2.24) is 0 Å². The van der Waals surface area contributed by atoms with Crippen molar-refractivity contribution in [3.05, 3.63) is 64.7 Å². The van der Waals surface area contributed by atoms with Crippen molar-refractivity contribution in [2.45, 2.75) is 13.5 Å². The van der Waals surface area contributed by atoms with Crippen LogP contribution >= 0.6 is 11.6 Å². The highest BCUT2D eigenvalue weighted by atomic mass is 35.5. The van der Waals surface area contributed by atoms with Crippen LogP contribution in [0.1, 0.15) is 18.1 Å². The Morgan fingerprint density at radius 3 is 2.62 bits per heavy atom. The molecule has 0 bridgehead atoms. The Morgan fingerprint density at radius 2 is 1.92 bits per heavy atom. The second-order valence-corrected chi connectivity index (χ2v) is 5.35. The maximum atomic E-state index is 11.2. The highest BCUT2D eigenvalue weighted by Gasteiger charge is 2.08. The molecule has 0 N–H and O–H groups in total. The summed E-state index contributed by atoms with van der Waals surface area (Å²) in [7, 11) is 1.30. The van der Waals surface area contributed by atoms with Crippen molar-refractivity contribution in [3.8, 4) is 5.75 Å².